The fourth-order valence-electron chi connectivity index (χ4n) is 2.45. The average Bonchev–Trinajstić information content (AvgIpc) is 2.25. The molecule has 1 saturated heterocycles. The van der Waals surface area contributed by atoms with Gasteiger partial charge in [-0.2, -0.15) is 5.06 Å². The van der Waals surface area contributed by atoms with Crippen LogP contribution in [0.3, 0.4) is 0 Å². The van der Waals surface area contributed by atoms with Crippen molar-refractivity contribution in [2.75, 3.05) is 0 Å². The first-order valence-corrected chi connectivity index (χ1v) is 5.79. The van der Waals surface area contributed by atoms with Crippen molar-refractivity contribution >= 4 is 5.97 Å². The number of ether oxygens (including phenoxy) is 1. The number of hydrogen-bond acceptors (Lipinski definition) is 4. The van der Waals surface area contributed by atoms with Crippen LogP contribution < -0.4 is 0 Å². The van der Waals surface area contributed by atoms with Gasteiger partial charge in [-0.05, 0) is 48.0 Å². The first-order valence-electron chi connectivity index (χ1n) is 5.79. The number of carbonyl (C=O) groups excluding carboxylic acids is 1. The number of esters is 1. The van der Waals surface area contributed by atoms with Crippen molar-refractivity contribution in [2.45, 2.75) is 65.1 Å². The van der Waals surface area contributed by atoms with Crippen molar-refractivity contribution in [3.05, 3.63) is 0 Å². The Morgan fingerprint density at radius 2 is 1.88 bits per heavy atom. The molecule has 0 amide bonds. The molecule has 0 radical (unpaired) electrons. The van der Waals surface area contributed by atoms with E-state index in [9.17, 15) is 10.0 Å². The van der Waals surface area contributed by atoms with Crippen LogP contribution in [0.1, 0.15) is 48.0 Å². The summed E-state index contributed by atoms with van der Waals surface area (Å²) in [6.45, 7) is 11.3. The Hall–Kier alpha value is -0.610. The van der Waals surface area contributed by atoms with Gasteiger partial charge in [0.15, 0.2) is 0 Å². The Morgan fingerprint density at radius 1 is 1.38 bits per heavy atom. The SMILES string of the molecule is CC(C)OC(=O)C1CC(C)(C)N(O)C1(C)C. The molecule has 4 nitrogen and oxygen atoms in total. The second-order valence-corrected chi connectivity index (χ2v) is 6.02. The van der Waals surface area contributed by atoms with Crippen LogP contribution in [0.5, 0.6) is 0 Å². The highest BCUT2D eigenvalue weighted by Gasteiger charge is 2.54. The van der Waals surface area contributed by atoms with Gasteiger partial charge in [0.2, 0.25) is 0 Å². The van der Waals surface area contributed by atoms with Gasteiger partial charge >= 0.3 is 5.97 Å². The van der Waals surface area contributed by atoms with Crippen LogP contribution in [0.25, 0.3) is 0 Å². The molecule has 0 aromatic rings. The topological polar surface area (TPSA) is 49.8 Å². The molecular formula is C12H23NO3. The smallest absolute Gasteiger partial charge is 0.311 e. The zero-order valence-electron chi connectivity index (χ0n) is 11.1. The number of carbonyl (C=O) groups is 1. The van der Waals surface area contributed by atoms with Crippen LogP contribution in [-0.2, 0) is 9.53 Å². The highest BCUT2D eigenvalue weighted by molar-refractivity contribution is 5.75. The summed E-state index contributed by atoms with van der Waals surface area (Å²) in [7, 11) is 0. The summed E-state index contributed by atoms with van der Waals surface area (Å²) in [5.74, 6) is -0.500. The lowest BCUT2D eigenvalue weighted by Crippen LogP contribution is -2.48. The zero-order chi connectivity index (χ0) is 12.7. The van der Waals surface area contributed by atoms with Gasteiger partial charge in [0.05, 0.1) is 17.6 Å². The molecule has 1 aliphatic heterocycles. The third kappa shape index (κ3) is 2.23. The summed E-state index contributed by atoms with van der Waals surface area (Å²) >= 11 is 0. The molecule has 1 N–H and O–H groups in total. The molecule has 1 fully saturated rings. The highest BCUT2D eigenvalue weighted by Crippen LogP contribution is 2.44. The van der Waals surface area contributed by atoms with Gasteiger partial charge in [-0.3, -0.25) is 4.79 Å². The molecule has 0 spiro atoms. The highest BCUT2D eigenvalue weighted by atomic mass is 16.5. The van der Waals surface area contributed by atoms with Crippen molar-refractivity contribution in [1.82, 2.24) is 5.06 Å². The van der Waals surface area contributed by atoms with Gasteiger partial charge in [0.1, 0.15) is 0 Å². The lowest BCUT2D eigenvalue weighted by Gasteiger charge is -2.35. The van der Waals surface area contributed by atoms with E-state index >= 15 is 0 Å². The minimum Gasteiger partial charge on any atom is -0.463 e. The first-order chi connectivity index (χ1) is 7.09. The maximum atomic E-state index is 11.9. The Kier molecular flexibility index (Phi) is 3.37. The normalized spacial score (nSPS) is 28.4. The fraction of sp³-hybridized carbons (Fsp3) is 0.917. The lowest BCUT2D eigenvalue weighted by molar-refractivity contribution is -0.200. The predicted molar refractivity (Wildman–Crippen MR) is 61.1 cm³/mol. The standard InChI is InChI=1S/C12H23NO3/c1-8(2)16-10(14)9-7-11(3,4)13(15)12(9,5)6/h8-9,15H,7H2,1-6H3. The molecule has 1 atom stereocenters. The number of hydroxylamine groups is 2. The summed E-state index contributed by atoms with van der Waals surface area (Å²) in [6.07, 6.45) is 0.501. The van der Waals surface area contributed by atoms with Crippen LogP contribution in [0.4, 0.5) is 0 Å². The van der Waals surface area contributed by atoms with Crippen LogP contribution in [-0.4, -0.2) is 33.4 Å². The Labute approximate surface area is 97.5 Å². The van der Waals surface area contributed by atoms with Crippen molar-refractivity contribution in [2.24, 2.45) is 5.92 Å². The van der Waals surface area contributed by atoms with E-state index in [4.69, 9.17) is 4.74 Å². The number of rotatable bonds is 2. The van der Waals surface area contributed by atoms with E-state index in [1.807, 2.05) is 41.5 Å². The summed E-state index contributed by atoms with van der Waals surface area (Å²) < 4.78 is 5.23. The van der Waals surface area contributed by atoms with E-state index in [0.717, 1.165) is 0 Å². The molecule has 4 heteroatoms. The molecule has 0 bridgehead atoms. The minimum absolute atomic E-state index is 0.112. The molecule has 0 aliphatic carbocycles. The number of hydrogen-bond donors (Lipinski definition) is 1. The summed E-state index contributed by atoms with van der Waals surface area (Å²) in [4.78, 5) is 11.9. The van der Waals surface area contributed by atoms with Gasteiger partial charge in [-0.15, -0.1) is 0 Å². The van der Waals surface area contributed by atoms with Crippen molar-refractivity contribution < 1.29 is 14.7 Å². The second-order valence-electron chi connectivity index (χ2n) is 6.02. The van der Waals surface area contributed by atoms with Crippen LogP contribution in [0, 0.1) is 5.92 Å². The molecule has 1 unspecified atom stereocenters. The first kappa shape index (κ1) is 13.5. The maximum absolute atomic E-state index is 11.9. The second kappa shape index (κ2) is 4.00. The molecule has 1 rings (SSSR count). The van der Waals surface area contributed by atoms with E-state index in [1.54, 1.807) is 0 Å². The predicted octanol–water partition coefficient (Wildman–Crippen LogP) is 2.21. The van der Waals surface area contributed by atoms with E-state index < -0.39 is 5.54 Å². The van der Waals surface area contributed by atoms with Crippen molar-refractivity contribution in [3.63, 3.8) is 0 Å². The van der Waals surface area contributed by atoms with E-state index in [1.165, 1.54) is 5.06 Å². The van der Waals surface area contributed by atoms with E-state index in [0.29, 0.717) is 6.42 Å². The van der Waals surface area contributed by atoms with Crippen LogP contribution >= 0.6 is 0 Å². The summed E-state index contributed by atoms with van der Waals surface area (Å²) in [5, 5.41) is 11.3. The summed E-state index contributed by atoms with van der Waals surface area (Å²) in [6, 6.07) is 0. The van der Waals surface area contributed by atoms with E-state index in [2.05, 4.69) is 0 Å². The van der Waals surface area contributed by atoms with Gasteiger partial charge in [-0.1, -0.05) is 0 Å². The summed E-state index contributed by atoms with van der Waals surface area (Å²) in [5.41, 5.74) is -0.959. The Balaban J connectivity index is 2.87. The number of nitrogens with zero attached hydrogens (tertiary/aromatic N) is 1. The lowest BCUT2D eigenvalue weighted by atomic mass is 9.87. The average molecular weight is 229 g/mol. The molecular weight excluding hydrogens is 206 g/mol. The Morgan fingerprint density at radius 3 is 2.19 bits per heavy atom. The molecule has 0 aromatic heterocycles. The molecule has 94 valence electrons. The van der Waals surface area contributed by atoms with Crippen LogP contribution in [0.2, 0.25) is 0 Å². The molecule has 0 aromatic carbocycles. The fourth-order valence-corrected chi connectivity index (χ4v) is 2.45. The molecule has 16 heavy (non-hydrogen) atoms. The minimum atomic E-state index is -0.574. The van der Waals surface area contributed by atoms with E-state index in [-0.39, 0.29) is 23.5 Å². The zero-order valence-corrected chi connectivity index (χ0v) is 11.1. The van der Waals surface area contributed by atoms with Gasteiger partial charge in [-0.25, -0.2) is 0 Å². The van der Waals surface area contributed by atoms with Crippen molar-refractivity contribution in [1.29, 1.82) is 0 Å². The quantitative estimate of drug-likeness (QED) is 0.737. The van der Waals surface area contributed by atoms with Gasteiger partial charge in [0.25, 0.3) is 0 Å². The largest absolute Gasteiger partial charge is 0.463 e. The van der Waals surface area contributed by atoms with Gasteiger partial charge in [0, 0.05) is 5.54 Å². The van der Waals surface area contributed by atoms with Crippen LogP contribution in [0.15, 0.2) is 0 Å². The molecule has 1 heterocycles. The monoisotopic (exact) mass is 229 g/mol. The maximum Gasteiger partial charge on any atom is 0.311 e. The van der Waals surface area contributed by atoms with Gasteiger partial charge < -0.3 is 9.94 Å². The molecule has 0 saturated carbocycles. The third-order valence-electron chi connectivity index (χ3n) is 3.31. The molecule has 1 aliphatic rings. The van der Waals surface area contributed by atoms with Crippen molar-refractivity contribution in [3.8, 4) is 0 Å². The Bertz CT molecular complexity index is 284. The third-order valence-corrected chi connectivity index (χ3v) is 3.31.